The number of nitrogens with two attached hydrogens (primary N) is 2. The maximum atomic E-state index is 12.9. The first kappa shape index (κ1) is 18.2. The largest absolute Gasteiger partial charge is 0.398 e. The van der Waals surface area contributed by atoms with E-state index in [9.17, 15) is 9.59 Å². The summed E-state index contributed by atoms with van der Waals surface area (Å²) in [4.78, 5) is 29.0. The van der Waals surface area contributed by atoms with Crippen molar-refractivity contribution in [3.63, 3.8) is 0 Å². The number of nitrogens with one attached hydrogen (secondary N) is 2. The summed E-state index contributed by atoms with van der Waals surface area (Å²) in [6.07, 6.45) is 4.46. The van der Waals surface area contributed by atoms with Crippen molar-refractivity contribution in [3.05, 3.63) is 66.0 Å². The molecule has 0 atom stereocenters. The van der Waals surface area contributed by atoms with Crippen molar-refractivity contribution in [2.24, 2.45) is 5.73 Å². The van der Waals surface area contributed by atoms with Gasteiger partial charge in [-0.25, -0.2) is 0 Å². The van der Waals surface area contributed by atoms with Crippen molar-refractivity contribution in [3.8, 4) is 0 Å². The summed E-state index contributed by atoms with van der Waals surface area (Å²) in [7, 11) is 0. The zero-order chi connectivity index (χ0) is 20.8. The molecule has 0 saturated carbocycles. The van der Waals surface area contributed by atoms with Gasteiger partial charge in [0.15, 0.2) is 0 Å². The van der Waals surface area contributed by atoms with Gasteiger partial charge in [-0.15, -0.1) is 0 Å². The molecule has 6 N–H and O–H groups in total. The van der Waals surface area contributed by atoms with Crippen molar-refractivity contribution < 1.29 is 9.59 Å². The molecule has 2 aromatic carbocycles. The smallest absolute Gasteiger partial charge is 0.259 e. The average molecular weight is 399 g/mol. The number of benzene rings is 2. The number of nitrogens with zero attached hydrogens (tertiary/aromatic N) is 1. The highest BCUT2D eigenvalue weighted by molar-refractivity contribution is 6.51. The van der Waals surface area contributed by atoms with Gasteiger partial charge in [-0.1, -0.05) is 24.3 Å². The third kappa shape index (κ3) is 2.63. The van der Waals surface area contributed by atoms with Gasteiger partial charge in [0.25, 0.3) is 11.8 Å². The molecule has 5 rings (SSSR count). The molecule has 0 radical (unpaired) electrons. The van der Waals surface area contributed by atoms with Crippen LogP contribution < -0.4 is 16.8 Å². The number of amides is 2. The highest BCUT2D eigenvalue weighted by atomic mass is 16.2. The number of hydrogen-bond donors (Lipinski definition) is 4. The number of anilines is 1. The van der Waals surface area contributed by atoms with E-state index in [2.05, 4.69) is 10.3 Å². The van der Waals surface area contributed by atoms with Crippen LogP contribution in [0.25, 0.3) is 33.0 Å². The van der Waals surface area contributed by atoms with Crippen LogP contribution >= 0.6 is 0 Å². The van der Waals surface area contributed by atoms with Crippen molar-refractivity contribution >= 4 is 50.5 Å². The predicted molar refractivity (Wildman–Crippen MR) is 118 cm³/mol. The van der Waals surface area contributed by atoms with Crippen LogP contribution in [0.2, 0.25) is 0 Å². The zero-order valence-corrected chi connectivity index (χ0v) is 16.2. The van der Waals surface area contributed by atoms with Crippen LogP contribution in [0, 0.1) is 0 Å². The normalized spacial score (nSPS) is 14.3. The lowest BCUT2D eigenvalue weighted by Gasteiger charge is -2.05. The molecule has 2 amide bonds. The minimum absolute atomic E-state index is 0.346. The third-order valence-electron chi connectivity index (χ3n) is 5.60. The first-order chi connectivity index (χ1) is 14.6. The number of carbonyl (C=O) groups excluding carboxylic acids is 2. The standard InChI is InChI=1S/C23H21N5O2/c24-9-4-10-28-12-15(19-16(25)6-3-8-18(19)28)21-20(22(29)27-23(21)30)14-11-26-17-7-2-1-5-13(14)17/h1-3,5-8,11-12,26H,4,9-10,24-25H2,(H,27,29,30). The Morgan fingerprint density at radius 1 is 0.933 bits per heavy atom. The lowest BCUT2D eigenvalue weighted by atomic mass is 9.95. The quantitative estimate of drug-likeness (QED) is 0.305. The fraction of sp³-hybridized carbons (Fsp3) is 0.130. The van der Waals surface area contributed by atoms with E-state index in [0.717, 1.165) is 28.2 Å². The van der Waals surface area contributed by atoms with Crippen molar-refractivity contribution in [1.82, 2.24) is 14.9 Å². The van der Waals surface area contributed by atoms with Crippen LogP contribution in [0.5, 0.6) is 0 Å². The molecule has 1 aliphatic rings. The van der Waals surface area contributed by atoms with Crippen molar-refractivity contribution in [2.45, 2.75) is 13.0 Å². The molecule has 7 heteroatoms. The summed E-state index contributed by atoms with van der Waals surface area (Å²) in [5.41, 5.74) is 16.4. The zero-order valence-electron chi connectivity index (χ0n) is 16.2. The Morgan fingerprint density at radius 2 is 1.70 bits per heavy atom. The minimum atomic E-state index is -0.415. The summed E-state index contributed by atoms with van der Waals surface area (Å²) in [6.45, 7) is 1.25. The monoisotopic (exact) mass is 399 g/mol. The molecule has 150 valence electrons. The van der Waals surface area contributed by atoms with Gasteiger partial charge >= 0.3 is 0 Å². The molecule has 0 spiro atoms. The fourth-order valence-corrected chi connectivity index (χ4v) is 4.26. The molecule has 30 heavy (non-hydrogen) atoms. The molecule has 4 aromatic rings. The molecule has 7 nitrogen and oxygen atoms in total. The number of carbonyl (C=O) groups is 2. The van der Waals surface area contributed by atoms with E-state index in [1.807, 2.05) is 47.2 Å². The second-order valence-electron chi connectivity index (χ2n) is 7.40. The van der Waals surface area contributed by atoms with Gasteiger partial charge in [0, 0.05) is 52.0 Å². The van der Waals surface area contributed by atoms with Crippen LogP contribution in [0.3, 0.4) is 0 Å². The predicted octanol–water partition coefficient (Wildman–Crippen LogP) is 2.62. The summed E-state index contributed by atoms with van der Waals surface area (Å²) in [5.74, 6) is -0.821. The lowest BCUT2D eigenvalue weighted by Crippen LogP contribution is -2.22. The minimum Gasteiger partial charge on any atom is -0.398 e. The van der Waals surface area contributed by atoms with Crippen LogP contribution in [-0.4, -0.2) is 27.9 Å². The van der Waals surface area contributed by atoms with Gasteiger partial charge in [0.2, 0.25) is 0 Å². The Morgan fingerprint density at radius 3 is 2.50 bits per heavy atom. The Kier molecular flexibility index (Phi) is 4.18. The number of H-pyrrole nitrogens is 1. The van der Waals surface area contributed by atoms with Crippen LogP contribution in [0.4, 0.5) is 5.69 Å². The van der Waals surface area contributed by atoms with Gasteiger partial charge in [-0.3, -0.25) is 14.9 Å². The van der Waals surface area contributed by atoms with E-state index >= 15 is 0 Å². The number of aromatic nitrogens is 2. The Bertz CT molecular complexity index is 1360. The van der Waals surface area contributed by atoms with E-state index < -0.39 is 11.8 Å². The summed E-state index contributed by atoms with van der Waals surface area (Å²) in [5, 5.41) is 4.12. The molecule has 0 saturated heterocycles. The number of aromatic amines is 1. The molecule has 1 aliphatic heterocycles. The van der Waals surface area contributed by atoms with E-state index in [0.29, 0.717) is 41.1 Å². The second-order valence-corrected chi connectivity index (χ2v) is 7.40. The maximum absolute atomic E-state index is 12.9. The van der Waals surface area contributed by atoms with E-state index in [1.165, 1.54) is 0 Å². The number of hydrogen-bond acceptors (Lipinski definition) is 4. The highest BCUT2D eigenvalue weighted by Crippen LogP contribution is 2.39. The summed E-state index contributed by atoms with van der Waals surface area (Å²) < 4.78 is 2.05. The number of imide groups is 1. The fourth-order valence-electron chi connectivity index (χ4n) is 4.26. The third-order valence-corrected chi connectivity index (χ3v) is 5.60. The highest BCUT2D eigenvalue weighted by Gasteiger charge is 2.35. The van der Waals surface area contributed by atoms with Crippen LogP contribution in [0.15, 0.2) is 54.9 Å². The molecule has 0 unspecified atom stereocenters. The van der Waals surface area contributed by atoms with Crippen LogP contribution in [0.1, 0.15) is 17.5 Å². The van der Waals surface area contributed by atoms with Crippen LogP contribution in [-0.2, 0) is 16.1 Å². The first-order valence-corrected chi connectivity index (χ1v) is 9.84. The van der Waals surface area contributed by atoms with E-state index in [-0.39, 0.29) is 0 Å². The maximum Gasteiger partial charge on any atom is 0.259 e. The Hall–Kier alpha value is -3.84. The molecule has 0 aliphatic carbocycles. The Labute approximate surface area is 172 Å². The summed E-state index contributed by atoms with van der Waals surface area (Å²) >= 11 is 0. The van der Waals surface area contributed by atoms with Gasteiger partial charge in [-0.2, -0.15) is 0 Å². The first-order valence-electron chi connectivity index (χ1n) is 9.84. The SMILES string of the molecule is NCCCn1cc(C2=C(c3c[nH]c4ccccc34)C(=O)NC2=O)c2c(N)cccc21. The van der Waals surface area contributed by atoms with Gasteiger partial charge in [0.1, 0.15) is 0 Å². The van der Waals surface area contributed by atoms with E-state index in [4.69, 9.17) is 11.5 Å². The molecule has 0 bridgehead atoms. The molecular formula is C23H21N5O2. The molecule has 2 aromatic heterocycles. The van der Waals surface area contributed by atoms with E-state index in [1.54, 1.807) is 12.3 Å². The molecular weight excluding hydrogens is 378 g/mol. The van der Waals surface area contributed by atoms with Gasteiger partial charge < -0.3 is 21.0 Å². The second kappa shape index (κ2) is 6.89. The number of aryl methyl sites for hydroxylation is 1. The van der Waals surface area contributed by atoms with Crippen molar-refractivity contribution in [1.29, 1.82) is 0 Å². The number of para-hydroxylation sites is 1. The molecule has 3 heterocycles. The lowest BCUT2D eigenvalue weighted by molar-refractivity contribution is -0.122. The van der Waals surface area contributed by atoms with Gasteiger partial charge in [-0.05, 0) is 31.2 Å². The average Bonchev–Trinajstić information content (AvgIpc) is 3.40. The molecule has 0 fully saturated rings. The summed E-state index contributed by atoms with van der Waals surface area (Å²) in [6, 6.07) is 13.3. The van der Waals surface area contributed by atoms with Gasteiger partial charge in [0.05, 0.1) is 16.7 Å². The Balaban J connectivity index is 1.82. The topological polar surface area (TPSA) is 119 Å². The number of rotatable bonds is 5. The van der Waals surface area contributed by atoms with Crippen molar-refractivity contribution in [2.75, 3.05) is 12.3 Å². The number of fused-ring (bicyclic) bond motifs is 2. The number of nitrogen functional groups attached to an aromatic ring is 1.